The van der Waals surface area contributed by atoms with Crippen LogP contribution in [0.15, 0.2) is 0 Å². The fraction of sp³-hybridized carbons (Fsp3) is 0.750. The summed E-state index contributed by atoms with van der Waals surface area (Å²) in [6, 6.07) is 0. The summed E-state index contributed by atoms with van der Waals surface area (Å²) >= 11 is 4.76. The highest BCUT2D eigenvalue weighted by molar-refractivity contribution is 7.80. The molecule has 1 atom stereocenters. The molecule has 5 heteroatoms. The van der Waals surface area contributed by atoms with Crippen molar-refractivity contribution in [3.63, 3.8) is 0 Å². The lowest BCUT2D eigenvalue weighted by molar-refractivity contribution is -0.137. The monoisotopic (exact) mass is 256 g/mol. The normalized spacial score (nSPS) is 18.8. The highest BCUT2D eigenvalue weighted by Crippen LogP contribution is 2.21. The third-order valence-electron chi connectivity index (χ3n) is 3.12. The van der Waals surface area contributed by atoms with Crippen LogP contribution in [0.3, 0.4) is 0 Å². The first-order chi connectivity index (χ1) is 8.06. The van der Waals surface area contributed by atoms with Crippen molar-refractivity contribution in [2.45, 2.75) is 46.0 Å². The Bertz CT molecular complexity index is 298. The molecule has 1 fully saturated rings. The van der Waals surface area contributed by atoms with Crippen LogP contribution < -0.4 is 10.6 Å². The number of hydrogen-bond acceptors (Lipinski definition) is 3. The summed E-state index contributed by atoms with van der Waals surface area (Å²) in [5.41, 5.74) is 0. The number of carbonyl (C=O) groups excluding carboxylic acids is 2. The highest BCUT2D eigenvalue weighted by Gasteiger charge is 2.36. The van der Waals surface area contributed by atoms with Crippen LogP contribution in [-0.2, 0) is 9.59 Å². The van der Waals surface area contributed by atoms with E-state index >= 15 is 0 Å². The smallest absolute Gasteiger partial charge is 0.238 e. The Labute approximate surface area is 108 Å². The van der Waals surface area contributed by atoms with Crippen LogP contribution in [0.25, 0.3) is 0 Å². The number of hydrogen-bond donors (Lipinski definition) is 2. The van der Waals surface area contributed by atoms with Gasteiger partial charge in [0, 0.05) is 0 Å². The average Bonchev–Trinajstić information content (AvgIpc) is 2.23. The van der Waals surface area contributed by atoms with Gasteiger partial charge in [0.15, 0.2) is 5.11 Å². The Hall–Kier alpha value is -0.970. The zero-order valence-corrected chi connectivity index (χ0v) is 11.2. The van der Waals surface area contributed by atoms with Crippen LogP contribution in [0.1, 0.15) is 46.0 Å². The SMILES string of the molecule is CCCCCCC(C)C1C(=O)NC(=S)NC1=O. The maximum atomic E-state index is 11.7. The molecule has 4 nitrogen and oxygen atoms in total. The number of amides is 2. The van der Waals surface area contributed by atoms with Crippen molar-refractivity contribution in [3.05, 3.63) is 0 Å². The molecule has 0 aromatic carbocycles. The molecule has 0 radical (unpaired) electrons. The predicted molar refractivity (Wildman–Crippen MR) is 70.3 cm³/mol. The molecule has 17 heavy (non-hydrogen) atoms. The predicted octanol–water partition coefficient (Wildman–Crippen LogP) is 1.74. The Morgan fingerprint density at radius 2 is 1.76 bits per heavy atom. The molecule has 2 N–H and O–H groups in total. The number of nitrogens with one attached hydrogen (secondary N) is 2. The Balaban J connectivity index is 2.44. The van der Waals surface area contributed by atoms with E-state index in [-0.39, 0.29) is 22.8 Å². The molecule has 1 rings (SSSR count). The molecule has 1 heterocycles. The minimum absolute atomic E-state index is 0.0648. The molecule has 0 saturated carbocycles. The van der Waals surface area contributed by atoms with E-state index in [1.54, 1.807) is 0 Å². The molecular weight excluding hydrogens is 236 g/mol. The van der Waals surface area contributed by atoms with E-state index in [1.165, 1.54) is 12.8 Å². The second-order valence-corrected chi connectivity index (χ2v) is 5.02. The van der Waals surface area contributed by atoms with Gasteiger partial charge in [-0.15, -0.1) is 0 Å². The van der Waals surface area contributed by atoms with Crippen molar-refractivity contribution in [2.24, 2.45) is 11.8 Å². The van der Waals surface area contributed by atoms with Crippen LogP contribution >= 0.6 is 12.2 Å². The van der Waals surface area contributed by atoms with E-state index in [1.807, 2.05) is 6.92 Å². The minimum Gasteiger partial charge on any atom is -0.302 e. The standard InChI is InChI=1S/C12H20N2O2S/c1-3-4-5-6-7-8(2)9-10(15)13-12(17)14-11(9)16/h8-9H,3-7H2,1-2H3,(H2,13,14,15,16,17). The zero-order chi connectivity index (χ0) is 12.8. The number of unbranched alkanes of at least 4 members (excludes halogenated alkanes) is 3. The van der Waals surface area contributed by atoms with Gasteiger partial charge in [-0.25, -0.2) is 0 Å². The van der Waals surface area contributed by atoms with E-state index in [0.29, 0.717) is 0 Å². The summed E-state index contributed by atoms with van der Waals surface area (Å²) in [5, 5.41) is 5.13. The quantitative estimate of drug-likeness (QED) is 0.432. The lowest BCUT2D eigenvalue weighted by Gasteiger charge is -2.26. The second kappa shape index (κ2) is 6.69. The maximum Gasteiger partial charge on any atom is 0.238 e. The van der Waals surface area contributed by atoms with Gasteiger partial charge in [-0.05, 0) is 24.6 Å². The molecule has 96 valence electrons. The molecule has 0 spiro atoms. The van der Waals surface area contributed by atoms with Gasteiger partial charge in [0.1, 0.15) is 5.92 Å². The van der Waals surface area contributed by atoms with Gasteiger partial charge in [0.25, 0.3) is 0 Å². The Morgan fingerprint density at radius 3 is 2.29 bits per heavy atom. The van der Waals surface area contributed by atoms with E-state index < -0.39 is 5.92 Å². The molecule has 0 aromatic heterocycles. The average molecular weight is 256 g/mol. The molecule has 0 aliphatic carbocycles. The van der Waals surface area contributed by atoms with Crippen LogP contribution in [0.5, 0.6) is 0 Å². The molecule has 0 bridgehead atoms. The summed E-state index contributed by atoms with van der Waals surface area (Å²) in [4.78, 5) is 23.4. The van der Waals surface area contributed by atoms with Crippen molar-refractivity contribution in [1.82, 2.24) is 10.6 Å². The highest BCUT2D eigenvalue weighted by atomic mass is 32.1. The molecule has 1 unspecified atom stereocenters. The van der Waals surface area contributed by atoms with Crippen molar-refractivity contribution < 1.29 is 9.59 Å². The molecule has 2 amide bonds. The lowest BCUT2D eigenvalue weighted by Crippen LogP contribution is -2.57. The fourth-order valence-electron chi connectivity index (χ4n) is 2.11. The largest absolute Gasteiger partial charge is 0.302 e. The first-order valence-corrected chi connectivity index (χ1v) is 6.62. The van der Waals surface area contributed by atoms with E-state index in [9.17, 15) is 9.59 Å². The van der Waals surface area contributed by atoms with Gasteiger partial charge in [-0.2, -0.15) is 0 Å². The second-order valence-electron chi connectivity index (χ2n) is 4.61. The van der Waals surface area contributed by atoms with Crippen LogP contribution in [0.2, 0.25) is 0 Å². The van der Waals surface area contributed by atoms with Crippen molar-refractivity contribution in [2.75, 3.05) is 0 Å². The third kappa shape index (κ3) is 4.07. The molecule has 1 aliphatic heterocycles. The summed E-state index contributed by atoms with van der Waals surface area (Å²) in [7, 11) is 0. The van der Waals surface area contributed by atoms with E-state index in [2.05, 4.69) is 17.6 Å². The number of rotatable bonds is 6. The topological polar surface area (TPSA) is 58.2 Å². The van der Waals surface area contributed by atoms with Gasteiger partial charge in [-0.1, -0.05) is 39.5 Å². The van der Waals surface area contributed by atoms with Gasteiger partial charge in [-0.3, -0.25) is 9.59 Å². The van der Waals surface area contributed by atoms with E-state index in [0.717, 1.165) is 19.3 Å². The molecule has 1 saturated heterocycles. The van der Waals surface area contributed by atoms with Gasteiger partial charge < -0.3 is 10.6 Å². The summed E-state index contributed by atoms with van der Waals surface area (Å²) < 4.78 is 0. The first kappa shape index (κ1) is 14.1. The van der Waals surface area contributed by atoms with E-state index in [4.69, 9.17) is 12.2 Å². The number of carbonyl (C=O) groups is 2. The summed E-state index contributed by atoms with van der Waals surface area (Å²) in [6.07, 6.45) is 5.52. The maximum absolute atomic E-state index is 11.7. The van der Waals surface area contributed by atoms with Crippen molar-refractivity contribution in [1.29, 1.82) is 0 Å². The summed E-state index contributed by atoms with van der Waals surface area (Å²) in [5.74, 6) is -1.05. The fourth-order valence-corrected chi connectivity index (χ4v) is 2.31. The minimum atomic E-state index is -0.594. The van der Waals surface area contributed by atoms with Crippen molar-refractivity contribution >= 4 is 29.1 Å². The molecular formula is C12H20N2O2S. The molecule has 1 aliphatic rings. The van der Waals surface area contributed by atoms with Gasteiger partial charge in [0.2, 0.25) is 11.8 Å². The van der Waals surface area contributed by atoms with Crippen LogP contribution in [-0.4, -0.2) is 16.9 Å². The van der Waals surface area contributed by atoms with Gasteiger partial charge >= 0.3 is 0 Å². The van der Waals surface area contributed by atoms with Crippen LogP contribution in [0.4, 0.5) is 0 Å². The van der Waals surface area contributed by atoms with Crippen LogP contribution in [0, 0.1) is 11.8 Å². The zero-order valence-electron chi connectivity index (χ0n) is 10.4. The first-order valence-electron chi connectivity index (χ1n) is 6.22. The third-order valence-corrected chi connectivity index (χ3v) is 3.32. The lowest BCUT2D eigenvalue weighted by atomic mass is 9.87. The summed E-state index contributed by atoms with van der Waals surface area (Å²) in [6.45, 7) is 4.11. The number of thiocarbonyl (C=S) groups is 1. The Kier molecular flexibility index (Phi) is 5.55. The molecule has 0 aromatic rings. The van der Waals surface area contributed by atoms with Gasteiger partial charge in [0.05, 0.1) is 0 Å². The van der Waals surface area contributed by atoms with Crippen molar-refractivity contribution in [3.8, 4) is 0 Å². The Morgan fingerprint density at radius 1 is 1.18 bits per heavy atom.